The third-order valence-electron chi connectivity index (χ3n) is 5.06. The normalized spacial score (nSPS) is 15.0. The van der Waals surface area contributed by atoms with Crippen LogP contribution in [-0.4, -0.2) is 29.7 Å². The minimum Gasteiger partial charge on any atom is -0.451 e. The molecule has 1 aliphatic rings. The number of benzene rings is 2. The van der Waals surface area contributed by atoms with Gasteiger partial charge in [-0.1, -0.05) is 42.5 Å². The Bertz CT molecular complexity index is 1050. The topological polar surface area (TPSA) is 67.6 Å². The summed E-state index contributed by atoms with van der Waals surface area (Å²) in [5.74, 6) is -0.213. The summed E-state index contributed by atoms with van der Waals surface area (Å²) in [4.78, 5) is 39.2. The standard InChI is InChI=1S/C22H19NO4/c24-18-14-20(27-19-9-5-4-8-17(18)19)22(26)23-12-10-16(11-13-23)21(25)15-6-2-1-3-7-15/h1-9,14,16H,10-13H2. The van der Waals surface area contributed by atoms with Gasteiger partial charge in [-0.15, -0.1) is 0 Å². The number of hydrogen-bond donors (Lipinski definition) is 0. The first-order chi connectivity index (χ1) is 13.1. The van der Waals surface area contributed by atoms with Crippen molar-refractivity contribution in [1.29, 1.82) is 0 Å². The summed E-state index contributed by atoms with van der Waals surface area (Å²) in [5, 5.41) is 0.459. The fraction of sp³-hybridized carbons (Fsp3) is 0.227. The number of Topliss-reactive ketones (excluding diaryl/α,β-unsaturated/α-hetero) is 1. The van der Waals surface area contributed by atoms with Crippen LogP contribution >= 0.6 is 0 Å². The first kappa shape index (κ1) is 17.2. The molecule has 5 heteroatoms. The zero-order chi connectivity index (χ0) is 18.8. The molecule has 0 atom stereocenters. The highest BCUT2D eigenvalue weighted by atomic mass is 16.3. The van der Waals surface area contributed by atoms with Gasteiger partial charge in [-0.2, -0.15) is 0 Å². The molecule has 0 bridgehead atoms. The molecular weight excluding hydrogens is 342 g/mol. The average Bonchev–Trinajstić information content (AvgIpc) is 2.73. The zero-order valence-electron chi connectivity index (χ0n) is 14.8. The second-order valence-electron chi connectivity index (χ2n) is 6.77. The molecule has 0 unspecified atom stereocenters. The van der Waals surface area contributed by atoms with E-state index in [9.17, 15) is 14.4 Å². The van der Waals surface area contributed by atoms with Gasteiger partial charge < -0.3 is 9.32 Å². The van der Waals surface area contributed by atoms with E-state index in [-0.39, 0.29) is 28.8 Å². The summed E-state index contributed by atoms with van der Waals surface area (Å²) in [6.07, 6.45) is 1.22. The van der Waals surface area contributed by atoms with Crippen LogP contribution in [0.2, 0.25) is 0 Å². The van der Waals surface area contributed by atoms with Gasteiger partial charge in [-0.3, -0.25) is 14.4 Å². The van der Waals surface area contributed by atoms with Crippen molar-refractivity contribution in [3.05, 3.63) is 82.2 Å². The Morgan fingerprint density at radius 1 is 0.926 bits per heavy atom. The molecule has 1 fully saturated rings. The molecule has 0 N–H and O–H groups in total. The monoisotopic (exact) mass is 361 g/mol. The third kappa shape index (κ3) is 3.40. The molecule has 1 aliphatic heterocycles. The second-order valence-corrected chi connectivity index (χ2v) is 6.77. The maximum absolute atomic E-state index is 12.8. The van der Waals surface area contributed by atoms with Gasteiger partial charge in [0.15, 0.2) is 17.0 Å². The van der Waals surface area contributed by atoms with Gasteiger partial charge in [0.2, 0.25) is 0 Å². The molecule has 136 valence electrons. The lowest BCUT2D eigenvalue weighted by Crippen LogP contribution is -2.40. The number of hydrogen-bond acceptors (Lipinski definition) is 4. The smallest absolute Gasteiger partial charge is 0.289 e. The molecule has 0 saturated carbocycles. The van der Waals surface area contributed by atoms with Crippen molar-refractivity contribution in [3.63, 3.8) is 0 Å². The minimum absolute atomic E-state index is 0.0477. The molecule has 4 rings (SSSR count). The van der Waals surface area contributed by atoms with Crippen LogP contribution in [0.5, 0.6) is 0 Å². The van der Waals surface area contributed by atoms with E-state index in [1.807, 2.05) is 30.3 Å². The Hall–Kier alpha value is -3.21. The second kappa shape index (κ2) is 7.19. The van der Waals surface area contributed by atoms with Gasteiger partial charge in [0.25, 0.3) is 5.91 Å². The SMILES string of the molecule is O=C(c1ccccc1)C1CCN(C(=O)c2cc(=O)c3ccccc3o2)CC1. The number of nitrogens with zero attached hydrogens (tertiary/aromatic N) is 1. The molecule has 5 nitrogen and oxygen atoms in total. The number of piperidine rings is 1. The van der Waals surface area contributed by atoms with E-state index < -0.39 is 0 Å². The van der Waals surface area contributed by atoms with Gasteiger partial charge >= 0.3 is 0 Å². The fourth-order valence-corrected chi connectivity index (χ4v) is 3.55. The maximum atomic E-state index is 12.8. The Balaban J connectivity index is 1.48. The number of fused-ring (bicyclic) bond motifs is 1. The van der Waals surface area contributed by atoms with Crippen molar-refractivity contribution in [2.24, 2.45) is 5.92 Å². The lowest BCUT2D eigenvalue weighted by molar-refractivity contribution is 0.0625. The molecule has 0 radical (unpaired) electrons. The van der Waals surface area contributed by atoms with Gasteiger partial charge in [0.05, 0.1) is 5.39 Å². The number of likely N-dealkylation sites (tertiary alicyclic amines) is 1. The summed E-state index contributed by atoms with van der Waals surface area (Å²) >= 11 is 0. The van der Waals surface area contributed by atoms with Crippen molar-refractivity contribution in [2.75, 3.05) is 13.1 Å². The van der Waals surface area contributed by atoms with Gasteiger partial charge in [0, 0.05) is 30.6 Å². The summed E-state index contributed by atoms with van der Waals surface area (Å²) < 4.78 is 5.64. The Kier molecular flexibility index (Phi) is 4.59. The molecule has 2 heterocycles. The molecule has 0 aliphatic carbocycles. The molecule has 3 aromatic rings. The predicted molar refractivity (Wildman–Crippen MR) is 102 cm³/mol. The van der Waals surface area contributed by atoms with Gasteiger partial charge in [-0.05, 0) is 25.0 Å². The number of carbonyl (C=O) groups is 2. The quantitative estimate of drug-likeness (QED) is 0.669. The van der Waals surface area contributed by atoms with Crippen LogP contribution in [0.15, 0.2) is 69.9 Å². The van der Waals surface area contributed by atoms with Crippen LogP contribution in [0.3, 0.4) is 0 Å². The highest BCUT2D eigenvalue weighted by Crippen LogP contribution is 2.23. The third-order valence-corrected chi connectivity index (χ3v) is 5.06. The van der Waals surface area contributed by atoms with Crippen LogP contribution in [0, 0.1) is 5.92 Å². The van der Waals surface area contributed by atoms with Crippen LogP contribution in [0.4, 0.5) is 0 Å². The van der Waals surface area contributed by atoms with Crippen molar-refractivity contribution in [3.8, 4) is 0 Å². The number of ketones is 1. The fourth-order valence-electron chi connectivity index (χ4n) is 3.55. The van der Waals surface area contributed by atoms with E-state index in [1.54, 1.807) is 29.2 Å². The maximum Gasteiger partial charge on any atom is 0.289 e. The van der Waals surface area contributed by atoms with Crippen LogP contribution in [0.1, 0.15) is 33.8 Å². The number of para-hydroxylation sites is 1. The molecule has 1 aromatic heterocycles. The highest BCUT2D eigenvalue weighted by molar-refractivity contribution is 5.98. The summed E-state index contributed by atoms with van der Waals surface area (Å²) in [6, 6.07) is 17.4. The van der Waals surface area contributed by atoms with E-state index in [1.165, 1.54) is 6.07 Å². The Morgan fingerprint density at radius 2 is 1.59 bits per heavy atom. The first-order valence-electron chi connectivity index (χ1n) is 9.05. The van der Waals surface area contributed by atoms with Crippen molar-refractivity contribution < 1.29 is 14.0 Å². The molecule has 0 spiro atoms. The Labute approximate surface area is 156 Å². The predicted octanol–water partition coefficient (Wildman–Crippen LogP) is 3.53. The minimum atomic E-state index is -0.302. The molecule has 1 amide bonds. The van der Waals surface area contributed by atoms with Crippen molar-refractivity contribution >= 4 is 22.7 Å². The summed E-state index contributed by atoms with van der Waals surface area (Å²) in [6.45, 7) is 0.942. The molecule has 27 heavy (non-hydrogen) atoms. The largest absolute Gasteiger partial charge is 0.451 e. The Morgan fingerprint density at radius 3 is 2.33 bits per heavy atom. The lowest BCUT2D eigenvalue weighted by atomic mass is 9.89. The number of carbonyl (C=O) groups excluding carboxylic acids is 2. The van der Waals surface area contributed by atoms with Crippen molar-refractivity contribution in [1.82, 2.24) is 4.90 Å². The molecule has 1 saturated heterocycles. The summed E-state index contributed by atoms with van der Waals surface area (Å²) in [7, 11) is 0. The van der Waals surface area contributed by atoms with Crippen LogP contribution in [0.25, 0.3) is 11.0 Å². The van der Waals surface area contributed by atoms with Crippen LogP contribution in [-0.2, 0) is 0 Å². The van der Waals surface area contributed by atoms with E-state index in [0.717, 1.165) is 0 Å². The number of rotatable bonds is 3. The number of amides is 1. The average molecular weight is 361 g/mol. The van der Waals surface area contributed by atoms with Gasteiger partial charge in [0.1, 0.15) is 5.58 Å². The van der Waals surface area contributed by atoms with E-state index >= 15 is 0 Å². The van der Waals surface area contributed by atoms with E-state index in [4.69, 9.17) is 4.42 Å². The van der Waals surface area contributed by atoms with E-state index in [0.29, 0.717) is 42.5 Å². The molecule has 2 aromatic carbocycles. The highest BCUT2D eigenvalue weighted by Gasteiger charge is 2.29. The summed E-state index contributed by atoms with van der Waals surface area (Å²) in [5.41, 5.74) is 0.889. The van der Waals surface area contributed by atoms with Crippen molar-refractivity contribution in [2.45, 2.75) is 12.8 Å². The first-order valence-corrected chi connectivity index (χ1v) is 9.05. The van der Waals surface area contributed by atoms with Crippen LogP contribution < -0.4 is 5.43 Å². The zero-order valence-corrected chi connectivity index (χ0v) is 14.8. The lowest BCUT2D eigenvalue weighted by Gasteiger charge is -2.31. The van der Waals surface area contributed by atoms with Gasteiger partial charge in [-0.25, -0.2) is 0 Å². The molecular formula is C22H19NO4. The van der Waals surface area contributed by atoms with E-state index in [2.05, 4.69) is 0 Å².